The number of aliphatic hydroxyl groups excluding tert-OH is 1. The molecule has 0 spiro atoms. The summed E-state index contributed by atoms with van der Waals surface area (Å²) in [6.07, 6.45) is 8.21. The van der Waals surface area contributed by atoms with E-state index in [1.807, 2.05) is 26.2 Å². The molecule has 1 amide bonds. The van der Waals surface area contributed by atoms with Gasteiger partial charge in [0.15, 0.2) is 0 Å². The summed E-state index contributed by atoms with van der Waals surface area (Å²) in [4.78, 5) is 25.8. The van der Waals surface area contributed by atoms with Gasteiger partial charge in [0.2, 0.25) is 5.91 Å². The molecule has 8 heteroatoms. The van der Waals surface area contributed by atoms with E-state index in [0.717, 1.165) is 44.5 Å². The number of aromatic nitrogens is 2. The molecule has 0 saturated carbocycles. The first-order valence-corrected chi connectivity index (χ1v) is 11.9. The summed E-state index contributed by atoms with van der Waals surface area (Å²) in [6, 6.07) is 0. The number of aliphatic hydroxyl groups is 1. The Morgan fingerprint density at radius 2 is 2.00 bits per heavy atom. The molecule has 0 radical (unpaired) electrons. The minimum Gasteiger partial charge on any atom is -0.391 e. The van der Waals surface area contributed by atoms with Gasteiger partial charge in [-0.15, -0.1) is 0 Å². The number of likely N-dealkylation sites (tertiary alicyclic amines) is 1. The highest BCUT2D eigenvalue weighted by molar-refractivity contribution is 5.76. The predicted octanol–water partition coefficient (Wildman–Crippen LogP) is 1.98. The molecule has 0 bridgehead atoms. The minimum absolute atomic E-state index is 0.122. The van der Waals surface area contributed by atoms with Crippen molar-refractivity contribution in [1.29, 1.82) is 0 Å². The Morgan fingerprint density at radius 3 is 2.75 bits per heavy atom. The average Bonchev–Trinajstić information content (AvgIpc) is 2.78. The molecule has 3 rings (SSSR count). The van der Waals surface area contributed by atoms with Crippen molar-refractivity contribution >= 4 is 5.91 Å². The first-order valence-electron chi connectivity index (χ1n) is 11.9. The lowest BCUT2D eigenvalue weighted by atomic mass is 9.80. The van der Waals surface area contributed by atoms with Gasteiger partial charge < -0.3 is 19.5 Å². The Labute approximate surface area is 192 Å². The van der Waals surface area contributed by atoms with Gasteiger partial charge in [-0.1, -0.05) is 13.8 Å². The highest BCUT2D eigenvalue weighted by Gasteiger charge is 2.35. The quantitative estimate of drug-likeness (QED) is 0.737. The van der Waals surface area contributed by atoms with Crippen LogP contribution in [0.15, 0.2) is 18.7 Å². The van der Waals surface area contributed by atoms with Crippen molar-refractivity contribution in [3.05, 3.63) is 24.3 Å². The molecular weight excluding hydrogens is 408 g/mol. The third-order valence-electron chi connectivity index (χ3n) is 6.98. The number of rotatable bonds is 5. The molecule has 2 fully saturated rings. The van der Waals surface area contributed by atoms with Crippen LogP contribution in [0, 0.1) is 17.3 Å². The zero-order chi connectivity index (χ0) is 23.0. The van der Waals surface area contributed by atoms with Crippen molar-refractivity contribution in [2.24, 2.45) is 17.3 Å². The summed E-state index contributed by atoms with van der Waals surface area (Å²) < 4.78 is 11.2. The fourth-order valence-corrected chi connectivity index (χ4v) is 4.77. The topological polar surface area (TPSA) is 88.0 Å². The van der Waals surface area contributed by atoms with E-state index in [0.29, 0.717) is 51.2 Å². The Morgan fingerprint density at radius 1 is 1.22 bits per heavy atom. The zero-order valence-corrected chi connectivity index (χ0v) is 19.9. The molecule has 3 heterocycles. The van der Waals surface area contributed by atoms with Crippen LogP contribution in [0.2, 0.25) is 0 Å². The van der Waals surface area contributed by atoms with Crippen molar-refractivity contribution in [3.8, 4) is 0 Å². The third-order valence-corrected chi connectivity index (χ3v) is 6.98. The zero-order valence-electron chi connectivity index (χ0n) is 19.9. The largest absolute Gasteiger partial charge is 0.391 e. The van der Waals surface area contributed by atoms with Gasteiger partial charge in [0.05, 0.1) is 19.3 Å². The van der Waals surface area contributed by atoms with Crippen LogP contribution in [-0.4, -0.2) is 90.0 Å². The van der Waals surface area contributed by atoms with Crippen molar-refractivity contribution in [3.63, 3.8) is 0 Å². The van der Waals surface area contributed by atoms with Gasteiger partial charge in [-0.25, -0.2) is 9.97 Å². The summed E-state index contributed by atoms with van der Waals surface area (Å²) in [5.74, 6) is 0.919. The van der Waals surface area contributed by atoms with Crippen molar-refractivity contribution in [1.82, 2.24) is 19.8 Å². The third kappa shape index (κ3) is 7.20. The molecule has 8 nitrogen and oxygen atoms in total. The maximum atomic E-state index is 13.3. The lowest BCUT2D eigenvalue weighted by molar-refractivity contribution is -0.137. The van der Waals surface area contributed by atoms with Gasteiger partial charge in [-0.05, 0) is 37.6 Å². The van der Waals surface area contributed by atoms with Crippen LogP contribution in [-0.2, 0) is 20.8 Å². The number of nitrogens with zero attached hydrogens (tertiary/aromatic N) is 4. The monoisotopic (exact) mass is 448 g/mol. The van der Waals surface area contributed by atoms with E-state index in [1.165, 1.54) is 0 Å². The van der Waals surface area contributed by atoms with E-state index in [4.69, 9.17) is 9.47 Å². The molecule has 0 aromatic carbocycles. The van der Waals surface area contributed by atoms with E-state index < -0.39 is 11.5 Å². The lowest BCUT2D eigenvalue weighted by Crippen LogP contribution is -2.47. The number of carbonyl (C=O) groups is 1. The van der Waals surface area contributed by atoms with Crippen LogP contribution in [0.1, 0.15) is 45.1 Å². The van der Waals surface area contributed by atoms with Crippen LogP contribution in [0.5, 0.6) is 0 Å². The standard InChI is InChI=1S/C24H40N4O4/c1-24(2)17-32-9-4-5-21-15-27(14-19-12-25-18-26-13-19)7-6-20(21)11-23(30)28(8-10-31-3)16-22(24)29/h12-13,18,20-22,29H,4-11,14-17H2,1-3H3/t20-,21-,22-/m0/s1. The molecule has 2 aliphatic rings. The molecule has 1 aromatic rings. The smallest absolute Gasteiger partial charge is 0.223 e. The molecule has 180 valence electrons. The molecule has 0 unspecified atom stereocenters. The number of methoxy groups -OCH3 is 1. The van der Waals surface area contributed by atoms with Crippen LogP contribution in [0.4, 0.5) is 0 Å². The second kappa shape index (κ2) is 12.0. The number of β-amino-alcohol motifs (C(OH)–C–C–N with tert-alkyl or cyclic N) is 1. The minimum atomic E-state index is -0.644. The number of carbonyl (C=O) groups excluding carboxylic acids is 1. The SMILES string of the molecule is COCCN1C[C@H](O)C(C)(C)COCCC[C@H]2CN(Cc3cncnc3)CC[C@H]2CC1=O. The van der Waals surface area contributed by atoms with Crippen LogP contribution < -0.4 is 0 Å². The number of hydrogen-bond acceptors (Lipinski definition) is 7. The van der Waals surface area contributed by atoms with Crippen molar-refractivity contribution in [2.45, 2.75) is 52.2 Å². The van der Waals surface area contributed by atoms with Gasteiger partial charge >= 0.3 is 0 Å². The van der Waals surface area contributed by atoms with Gasteiger partial charge in [-0.2, -0.15) is 0 Å². The Kier molecular flexibility index (Phi) is 9.40. The lowest BCUT2D eigenvalue weighted by Gasteiger charge is -2.39. The Bertz CT molecular complexity index is 702. The van der Waals surface area contributed by atoms with Gasteiger partial charge in [-0.3, -0.25) is 9.69 Å². The number of ether oxygens (including phenoxy) is 2. The summed E-state index contributed by atoms with van der Waals surface area (Å²) in [6.45, 7) is 9.24. The van der Waals surface area contributed by atoms with E-state index >= 15 is 0 Å². The Hall–Kier alpha value is -1.61. The number of fused-ring (bicyclic) bond motifs is 1. The molecular formula is C24H40N4O4. The van der Waals surface area contributed by atoms with E-state index in [1.54, 1.807) is 18.3 Å². The normalized spacial score (nSPS) is 28.3. The van der Waals surface area contributed by atoms with Crippen LogP contribution in [0.3, 0.4) is 0 Å². The van der Waals surface area contributed by atoms with E-state index in [-0.39, 0.29) is 5.91 Å². The second-order valence-electron chi connectivity index (χ2n) is 10.0. The highest BCUT2D eigenvalue weighted by atomic mass is 16.5. The van der Waals surface area contributed by atoms with Gasteiger partial charge in [0.25, 0.3) is 0 Å². The summed E-state index contributed by atoms with van der Waals surface area (Å²) in [5, 5.41) is 10.9. The number of piperidine rings is 1. The maximum absolute atomic E-state index is 13.3. The Balaban J connectivity index is 1.70. The summed E-state index contributed by atoms with van der Waals surface area (Å²) in [5.41, 5.74) is 0.706. The predicted molar refractivity (Wildman–Crippen MR) is 122 cm³/mol. The molecule has 2 aliphatic heterocycles. The molecule has 2 saturated heterocycles. The van der Waals surface area contributed by atoms with Crippen molar-refractivity contribution in [2.75, 3.05) is 53.1 Å². The molecule has 1 N–H and O–H groups in total. The molecule has 32 heavy (non-hydrogen) atoms. The van der Waals surface area contributed by atoms with Gasteiger partial charge in [0, 0.05) is 69.7 Å². The summed E-state index contributed by atoms with van der Waals surface area (Å²) >= 11 is 0. The van der Waals surface area contributed by atoms with E-state index in [2.05, 4.69) is 14.9 Å². The van der Waals surface area contributed by atoms with Crippen LogP contribution in [0.25, 0.3) is 0 Å². The first-order chi connectivity index (χ1) is 15.4. The number of amides is 1. The van der Waals surface area contributed by atoms with Crippen LogP contribution >= 0.6 is 0 Å². The molecule has 1 aromatic heterocycles. The second-order valence-corrected chi connectivity index (χ2v) is 10.0. The maximum Gasteiger partial charge on any atom is 0.223 e. The highest BCUT2D eigenvalue weighted by Crippen LogP contribution is 2.32. The summed E-state index contributed by atoms with van der Waals surface area (Å²) in [7, 11) is 1.64. The van der Waals surface area contributed by atoms with Gasteiger partial charge in [0.1, 0.15) is 6.33 Å². The van der Waals surface area contributed by atoms with E-state index in [9.17, 15) is 9.90 Å². The fourth-order valence-electron chi connectivity index (χ4n) is 4.77. The molecule has 0 aliphatic carbocycles. The number of hydrogen-bond donors (Lipinski definition) is 1. The van der Waals surface area contributed by atoms with Crippen molar-refractivity contribution < 1.29 is 19.4 Å². The fraction of sp³-hybridized carbons (Fsp3) is 0.792. The molecule has 3 atom stereocenters. The first kappa shape index (κ1) is 25.0. The average molecular weight is 449 g/mol.